The van der Waals surface area contributed by atoms with Crippen molar-refractivity contribution in [3.05, 3.63) is 28.8 Å². The minimum Gasteiger partial charge on any atom is -0.395 e. The third-order valence-corrected chi connectivity index (χ3v) is 6.80. The van der Waals surface area contributed by atoms with E-state index < -0.39 is 10.0 Å². The number of rotatable bonds is 5. The van der Waals surface area contributed by atoms with Gasteiger partial charge in [0.2, 0.25) is 10.0 Å². The average Bonchev–Trinajstić information content (AvgIpc) is 2.51. The number of benzene rings is 1. The van der Waals surface area contributed by atoms with Gasteiger partial charge in [-0.15, -0.1) is 0 Å². The molecule has 1 fully saturated rings. The lowest BCUT2D eigenvalue weighted by molar-refractivity contribution is 0.0881. The van der Waals surface area contributed by atoms with Gasteiger partial charge in [0.05, 0.1) is 11.6 Å². The van der Waals surface area contributed by atoms with Crippen LogP contribution in [0.25, 0.3) is 0 Å². The van der Waals surface area contributed by atoms with Gasteiger partial charge >= 0.3 is 0 Å². The van der Waals surface area contributed by atoms with Gasteiger partial charge in [-0.3, -0.25) is 4.90 Å². The third kappa shape index (κ3) is 3.46. The van der Waals surface area contributed by atoms with Crippen molar-refractivity contribution in [1.82, 2.24) is 9.21 Å². The molecular formula is C15H23ClN2O3S. The van der Waals surface area contributed by atoms with Crippen LogP contribution >= 0.6 is 11.6 Å². The lowest BCUT2D eigenvalue weighted by Crippen LogP contribution is -2.52. The van der Waals surface area contributed by atoms with Crippen LogP contribution in [0.4, 0.5) is 0 Å². The summed E-state index contributed by atoms with van der Waals surface area (Å²) in [5.74, 6) is 0. The van der Waals surface area contributed by atoms with Crippen LogP contribution < -0.4 is 0 Å². The highest BCUT2D eigenvalue weighted by Gasteiger charge is 2.31. The van der Waals surface area contributed by atoms with Crippen LogP contribution in [0.1, 0.15) is 18.9 Å². The van der Waals surface area contributed by atoms with Crippen molar-refractivity contribution in [1.29, 1.82) is 0 Å². The van der Waals surface area contributed by atoms with Gasteiger partial charge in [-0.2, -0.15) is 4.31 Å². The summed E-state index contributed by atoms with van der Waals surface area (Å²) in [5.41, 5.74) is 0.757. The molecule has 1 heterocycles. The summed E-state index contributed by atoms with van der Waals surface area (Å²) in [5, 5.41) is 9.66. The maximum atomic E-state index is 12.7. The van der Waals surface area contributed by atoms with Gasteiger partial charge < -0.3 is 5.11 Å². The Hall–Kier alpha value is -0.660. The van der Waals surface area contributed by atoms with Crippen LogP contribution in [0.2, 0.25) is 5.02 Å². The number of nitrogens with zero attached hydrogens (tertiary/aromatic N) is 2. The molecule has 1 saturated heterocycles. The summed E-state index contributed by atoms with van der Waals surface area (Å²) in [6.45, 7) is 6.02. The second-order valence-corrected chi connectivity index (χ2v) is 7.86. The number of halogens is 1. The first-order valence-electron chi connectivity index (χ1n) is 7.52. The molecular weight excluding hydrogens is 324 g/mol. The Morgan fingerprint density at radius 3 is 2.45 bits per heavy atom. The van der Waals surface area contributed by atoms with E-state index in [1.54, 1.807) is 25.1 Å². The fourth-order valence-electron chi connectivity index (χ4n) is 2.77. The molecule has 0 aliphatic carbocycles. The van der Waals surface area contributed by atoms with Crippen molar-refractivity contribution in [2.45, 2.75) is 31.2 Å². The predicted molar refractivity (Wildman–Crippen MR) is 87.7 cm³/mol. The first kappa shape index (κ1) is 17.7. The number of aliphatic hydroxyl groups excluding tert-OH is 1. The molecule has 0 amide bonds. The number of aliphatic hydroxyl groups is 1. The normalized spacial score (nSPS) is 19.3. The molecule has 22 heavy (non-hydrogen) atoms. The number of piperazine rings is 1. The van der Waals surface area contributed by atoms with Gasteiger partial charge in [-0.25, -0.2) is 8.42 Å². The highest BCUT2D eigenvalue weighted by molar-refractivity contribution is 7.89. The van der Waals surface area contributed by atoms with E-state index in [-0.39, 0.29) is 17.5 Å². The van der Waals surface area contributed by atoms with Crippen LogP contribution in [0.15, 0.2) is 23.1 Å². The van der Waals surface area contributed by atoms with Crippen molar-refractivity contribution >= 4 is 21.6 Å². The Balaban J connectivity index is 2.15. The standard InChI is InChI=1S/C15H23ClN2O3S/c1-3-13(11-19)17-7-9-18(10-8-17)22(20,21)14-6-4-5-12(2)15(14)16/h4-6,13,19H,3,7-11H2,1-2H3. The summed E-state index contributed by atoms with van der Waals surface area (Å²) in [6, 6.07) is 5.17. The van der Waals surface area contributed by atoms with E-state index in [1.165, 1.54) is 4.31 Å². The van der Waals surface area contributed by atoms with Gasteiger partial charge in [0, 0.05) is 32.2 Å². The smallest absolute Gasteiger partial charge is 0.244 e. The molecule has 0 aromatic heterocycles. The van der Waals surface area contributed by atoms with Gasteiger partial charge in [-0.05, 0) is 25.0 Å². The molecule has 0 saturated carbocycles. The Kier molecular flexibility index (Phi) is 5.85. The molecule has 0 bridgehead atoms. The molecule has 1 atom stereocenters. The Morgan fingerprint density at radius 2 is 1.91 bits per heavy atom. The summed E-state index contributed by atoms with van der Waals surface area (Å²) < 4.78 is 27.0. The van der Waals surface area contributed by atoms with E-state index >= 15 is 0 Å². The fourth-order valence-corrected chi connectivity index (χ4v) is 4.75. The van der Waals surface area contributed by atoms with Crippen molar-refractivity contribution in [2.24, 2.45) is 0 Å². The largest absolute Gasteiger partial charge is 0.395 e. The van der Waals surface area contributed by atoms with Crippen LogP contribution in [0, 0.1) is 6.92 Å². The van der Waals surface area contributed by atoms with Gasteiger partial charge in [-0.1, -0.05) is 30.7 Å². The second kappa shape index (κ2) is 7.27. The summed E-state index contributed by atoms with van der Waals surface area (Å²) in [7, 11) is -3.57. The predicted octanol–water partition coefficient (Wildman–Crippen LogP) is 1.73. The van der Waals surface area contributed by atoms with Crippen LogP contribution in [-0.4, -0.2) is 61.6 Å². The van der Waals surface area contributed by atoms with Gasteiger partial charge in [0.15, 0.2) is 0 Å². The molecule has 1 N–H and O–H groups in total. The number of sulfonamides is 1. The molecule has 0 spiro atoms. The van der Waals surface area contributed by atoms with E-state index in [0.717, 1.165) is 12.0 Å². The zero-order valence-corrected chi connectivity index (χ0v) is 14.6. The molecule has 1 aliphatic rings. The van der Waals surface area contributed by atoms with Crippen molar-refractivity contribution in [3.63, 3.8) is 0 Å². The molecule has 1 aromatic carbocycles. The lowest BCUT2D eigenvalue weighted by Gasteiger charge is -2.37. The van der Waals surface area contributed by atoms with Crippen molar-refractivity contribution in [3.8, 4) is 0 Å². The Morgan fingerprint density at radius 1 is 1.27 bits per heavy atom. The third-order valence-electron chi connectivity index (χ3n) is 4.25. The molecule has 1 unspecified atom stereocenters. The molecule has 0 radical (unpaired) electrons. The summed E-state index contributed by atoms with van der Waals surface area (Å²) >= 11 is 6.17. The molecule has 1 aliphatic heterocycles. The maximum Gasteiger partial charge on any atom is 0.244 e. The highest BCUT2D eigenvalue weighted by Crippen LogP contribution is 2.28. The van der Waals surface area contributed by atoms with E-state index in [2.05, 4.69) is 4.90 Å². The zero-order valence-electron chi connectivity index (χ0n) is 13.0. The van der Waals surface area contributed by atoms with Crippen LogP contribution in [0.5, 0.6) is 0 Å². The summed E-state index contributed by atoms with van der Waals surface area (Å²) in [4.78, 5) is 2.32. The van der Waals surface area contributed by atoms with E-state index in [9.17, 15) is 13.5 Å². The van der Waals surface area contributed by atoms with E-state index in [4.69, 9.17) is 11.6 Å². The molecule has 7 heteroatoms. The quantitative estimate of drug-likeness (QED) is 0.882. The summed E-state index contributed by atoms with van der Waals surface area (Å²) in [6.07, 6.45) is 0.854. The maximum absolute atomic E-state index is 12.7. The number of aryl methyl sites for hydroxylation is 1. The van der Waals surface area contributed by atoms with Gasteiger partial charge in [0.1, 0.15) is 4.90 Å². The van der Waals surface area contributed by atoms with Gasteiger partial charge in [0.25, 0.3) is 0 Å². The minimum atomic E-state index is -3.57. The number of hydrogen-bond acceptors (Lipinski definition) is 4. The van der Waals surface area contributed by atoms with Crippen molar-refractivity contribution in [2.75, 3.05) is 32.8 Å². The Labute approximate surface area is 137 Å². The lowest BCUT2D eigenvalue weighted by atomic mass is 10.2. The Bertz CT molecular complexity index is 609. The van der Waals surface area contributed by atoms with E-state index in [1.807, 2.05) is 6.92 Å². The van der Waals surface area contributed by atoms with Crippen LogP contribution in [-0.2, 0) is 10.0 Å². The second-order valence-electron chi connectivity index (χ2n) is 5.57. The topological polar surface area (TPSA) is 60.9 Å². The number of hydrogen-bond donors (Lipinski definition) is 1. The molecule has 124 valence electrons. The van der Waals surface area contributed by atoms with Crippen LogP contribution in [0.3, 0.4) is 0 Å². The average molecular weight is 347 g/mol. The molecule has 2 rings (SSSR count). The SMILES string of the molecule is CCC(CO)N1CCN(S(=O)(=O)c2cccc(C)c2Cl)CC1. The highest BCUT2D eigenvalue weighted by atomic mass is 35.5. The molecule has 5 nitrogen and oxygen atoms in total. The minimum absolute atomic E-state index is 0.104. The first-order chi connectivity index (χ1) is 10.4. The zero-order chi connectivity index (χ0) is 16.3. The van der Waals surface area contributed by atoms with E-state index in [0.29, 0.717) is 31.2 Å². The first-order valence-corrected chi connectivity index (χ1v) is 9.33. The monoisotopic (exact) mass is 346 g/mol. The van der Waals surface area contributed by atoms with Crippen molar-refractivity contribution < 1.29 is 13.5 Å². The fraction of sp³-hybridized carbons (Fsp3) is 0.600. The molecule has 1 aromatic rings.